The van der Waals surface area contributed by atoms with Crippen molar-refractivity contribution in [2.24, 2.45) is 4.99 Å². The maximum absolute atomic E-state index is 5.23. The fourth-order valence-electron chi connectivity index (χ4n) is 3.45. The van der Waals surface area contributed by atoms with Crippen molar-refractivity contribution in [3.63, 3.8) is 0 Å². The van der Waals surface area contributed by atoms with Crippen LogP contribution >= 0.6 is 24.0 Å². The molecular formula is C20H35IN4O. The van der Waals surface area contributed by atoms with E-state index < -0.39 is 0 Å². The summed E-state index contributed by atoms with van der Waals surface area (Å²) < 4.78 is 5.23. The molecule has 1 atom stereocenters. The Labute approximate surface area is 176 Å². The Balaban J connectivity index is 0.00000338. The molecule has 26 heavy (non-hydrogen) atoms. The predicted octanol–water partition coefficient (Wildman–Crippen LogP) is 2.99. The van der Waals surface area contributed by atoms with E-state index in [2.05, 4.69) is 58.3 Å². The van der Waals surface area contributed by atoms with Crippen molar-refractivity contribution >= 4 is 29.9 Å². The number of rotatable bonds is 8. The minimum atomic E-state index is 0. The number of ether oxygens (including phenoxy) is 1. The Kier molecular flexibility index (Phi) is 11.2. The lowest BCUT2D eigenvalue weighted by Crippen LogP contribution is -2.45. The molecule has 148 valence electrons. The highest BCUT2D eigenvalue weighted by Gasteiger charge is 2.24. The molecule has 6 heteroatoms. The molecule has 1 aromatic rings. The van der Waals surface area contributed by atoms with E-state index in [-0.39, 0.29) is 24.0 Å². The van der Waals surface area contributed by atoms with Crippen molar-refractivity contribution in [1.29, 1.82) is 0 Å². The van der Waals surface area contributed by atoms with Crippen LogP contribution in [0.25, 0.3) is 0 Å². The van der Waals surface area contributed by atoms with Crippen molar-refractivity contribution < 1.29 is 4.74 Å². The second-order valence-corrected chi connectivity index (χ2v) is 6.78. The van der Waals surface area contributed by atoms with Crippen molar-refractivity contribution in [3.05, 3.63) is 35.4 Å². The van der Waals surface area contributed by atoms with Gasteiger partial charge in [-0.25, -0.2) is 0 Å². The second-order valence-electron chi connectivity index (χ2n) is 6.78. The van der Waals surface area contributed by atoms with Crippen LogP contribution < -0.4 is 5.32 Å². The predicted molar refractivity (Wildman–Crippen MR) is 121 cm³/mol. The van der Waals surface area contributed by atoms with E-state index in [1.165, 1.54) is 30.5 Å². The highest BCUT2D eigenvalue weighted by Crippen LogP contribution is 2.16. The number of methoxy groups -OCH3 is 1. The summed E-state index contributed by atoms with van der Waals surface area (Å²) in [6, 6.07) is 9.43. The summed E-state index contributed by atoms with van der Waals surface area (Å²) in [5, 5.41) is 3.55. The second kappa shape index (κ2) is 12.5. The van der Waals surface area contributed by atoms with Crippen LogP contribution in [-0.2, 0) is 17.7 Å². The normalized spacial score (nSPS) is 17.8. The van der Waals surface area contributed by atoms with Crippen LogP contribution in [0.3, 0.4) is 0 Å². The van der Waals surface area contributed by atoms with Gasteiger partial charge >= 0.3 is 0 Å². The van der Waals surface area contributed by atoms with E-state index >= 15 is 0 Å². The van der Waals surface area contributed by atoms with Crippen molar-refractivity contribution in [2.75, 3.05) is 47.4 Å². The molecule has 0 bridgehead atoms. The highest BCUT2D eigenvalue weighted by molar-refractivity contribution is 14.0. The first-order valence-electron chi connectivity index (χ1n) is 9.40. The maximum Gasteiger partial charge on any atom is 0.193 e. The van der Waals surface area contributed by atoms with Gasteiger partial charge in [0.05, 0.1) is 6.61 Å². The highest BCUT2D eigenvalue weighted by atomic mass is 127. The summed E-state index contributed by atoms with van der Waals surface area (Å²) in [5.74, 6) is 0.957. The Morgan fingerprint density at radius 1 is 1.31 bits per heavy atom. The van der Waals surface area contributed by atoms with Gasteiger partial charge in [0.25, 0.3) is 0 Å². The first kappa shape index (κ1) is 23.2. The lowest BCUT2D eigenvalue weighted by Gasteiger charge is -2.27. The summed E-state index contributed by atoms with van der Waals surface area (Å²) in [7, 11) is 5.73. The van der Waals surface area contributed by atoms with E-state index in [9.17, 15) is 0 Å². The molecule has 1 fully saturated rings. The lowest BCUT2D eigenvalue weighted by molar-refractivity contribution is 0.141. The molecule has 1 unspecified atom stereocenters. The molecule has 1 aromatic carbocycles. The van der Waals surface area contributed by atoms with E-state index in [1.54, 1.807) is 7.11 Å². The average molecular weight is 474 g/mol. The zero-order chi connectivity index (χ0) is 18.1. The minimum absolute atomic E-state index is 0. The summed E-state index contributed by atoms with van der Waals surface area (Å²) in [6.45, 7) is 6.98. The van der Waals surface area contributed by atoms with Crippen LogP contribution in [0.2, 0.25) is 0 Å². The van der Waals surface area contributed by atoms with Crippen LogP contribution in [0.5, 0.6) is 0 Å². The van der Waals surface area contributed by atoms with Gasteiger partial charge in [-0.3, -0.25) is 9.89 Å². The topological polar surface area (TPSA) is 40.1 Å². The molecule has 1 aliphatic rings. The van der Waals surface area contributed by atoms with Gasteiger partial charge in [0, 0.05) is 46.9 Å². The molecule has 0 spiro atoms. The molecule has 1 heterocycles. The van der Waals surface area contributed by atoms with Crippen LogP contribution in [0.4, 0.5) is 0 Å². The van der Waals surface area contributed by atoms with Gasteiger partial charge in [-0.05, 0) is 36.9 Å². The van der Waals surface area contributed by atoms with Gasteiger partial charge in [-0.2, -0.15) is 0 Å². The van der Waals surface area contributed by atoms with Crippen LogP contribution in [0.1, 0.15) is 30.9 Å². The monoisotopic (exact) mass is 474 g/mol. The lowest BCUT2D eigenvalue weighted by atomic mass is 10.1. The Morgan fingerprint density at radius 2 is 2.00 bits per heavy atom. The molecule has 0 saturated carbocycles. The minimum Gasteiger partial charge on any atom is -0.383 e. The summed E-state index contributed by atoms with van der Waals surface area (Å²) in [5.41, 5.74) is 2.69. The van der Waals surface area contributed by atoms with Crippen LogP contribution in [0.15, 0.2) is 29.3 Å². The van der Waals surface area contributed by atoms with Gasteiger partial charge in [-0.1, -0.05) is 31.2 Å². The SMILES string of the molecule is CCc1ccc(CN(C)C(=NC)NCC2CCCN2CCOC)cc1.I. The van der Waals surface area contributed by atoms with E-state index in [1.807, 2.05) is 7.05 Å². The molecule has 1 aliphatic heterocycles. The van der Waals surface area contributed by atoms with Crippen molar-refractivity contribution in [3.8, 4) is 0 Å². The Bertz CT molecular complexity index is 535. The summed E-state index contributed by atoms with van der Waals surface area (Å²) in [4.78, 5) is 9.17. The molecule has 0 radical (unpaired) electrons. The molecule has 1 saturated heterocycles. The van der Waals surface area contributed by atoms with Crippen LogP contribution in [0, 0.1) is 0 Å². The van der Waals surface area contributed by atoms with Gasteiger partial charge < -0.3 is 15.0 Å². The summed E-state index contributed by atoms with van der Waals surface area (Å²) in [6.07, 6.45) is 3.60. The van der Waals surface area contributed by atoms with Gasteiger partial charge in [0.15, 0.2) is 5.96 Å². The van der Waals surface area contributed by atoms with E-state index in [4.69, 9.17) is 4.74 Å². The van der Waals surface area contributed by atoms with Gasteiger partial charge in [-0.15, -0.1) is 24.0 Å². The standard InChI is InChI=1S/C20H34N4O.HI/c1-5-17-8-10-18(11-9-17)16-23(3)20(21-2)22-15-19-7-6-12-24(19)13-14-25-4;/h8-11,19H,5-7,12-16H2,1-4H3,(H,21,22);1H. The number of halogens is 1. The Morgan fingerprint density at radius 3 is 2.62 bits per heavy atom. The molecule has 2 rings (SSSR count). The zero-order valence-corrected chi connectivity index (χ0v) is 19.0. The number of hydrogen-bond acceptors (Lipinski definition) is 3. The average Bonchev–Trinajstić information content (AvgIpc) is 3.08. The molecule has 1 N–H and O–H groups in total. The zero-order valence-electron chi connectivity index (χ0n) is 16.7. The maximum atomic E-state index is 5.23. The third-order valence-corrected chi connectivity index (χ3v) is 5.00. The Hall–Kier alpha value is -0.860. The molecule has 0 aliphatic carbocycles. The fourth-order valence-corrected chi connectivity index (χ4v) is 3.45. The quantitative estimate of drug-likeness (QED) is 0.358. The number of benzene rings is 1. The van der Waals surface area contributed by atoms with Gasteiger partial charge in [0.2, 0.25) is 0 Å². The van der Waals surface area contributed by atoms with Crippen LogP contribution in [-0.4, -0.2) is 69.2 Å². The van der Waals surface area contributed by atoms with E-state index in [0.29, 0.717) is 6.04 Å². The number of aryl methyl sites for hydroxylation is 1. The third kappa shape index (κ3) is 7.04. The number of aliphatic imine (C=N–C) groups is 1. The number of guanidine groups is 1. The molecule has 0 aromatic heterocycles. The smallest absolute Gasteiger partial charge is 0.193 e. The third-order valence-electron chi connectivity index (χ3n) is 5.00. The summed E-state index contributed by atoms with van der Waals surface area (Å²) >= 11 is 0. The van der Waals surface area contributed by atoms with E-state index in [0.717, 1.165) is 38.6 Å². The first-order chi connectivity index (χ1) is 12.2. The van der Waals surface area contributed by atoms with Gasteiger partial charge in [0.1, 0.15) is 0 Å². The number of nitrogens with one attached hydrogen (secondary N) is 1. The number of likely N-dealkylation sites (tertiary alicyclic amines) is 1. The van der Waals surface area contributed by atoms with Crippen molar-refractivity contribution in [1.82, 2.24) is 15.1 Å². The number of nitrogens with zero attached hydrogens (tertiary/aromatic N) is 3. The molecule has 0 amide bonds. The largest absolute Gasteiger partial charge is 0.383 e. The fraction of sp³-hybridized carbons (Fsp3) is 0.650. The molecular weight excluding hydrogens is 439 g/mol. The number of hydrogen-bond donors (Lipinski definition) is 1. The van der Waals surface area contributed by atoms with Crippen molar-refractivity contribution in [2.45, 2.75) is 38.8 Å². The molecule has 5 nitrogen and oxygen atoms in total. The first-order valence-corrected chi connectivity index (χ1v) is 9.40.